The topological polar surface area (TPSA) is 68.4 Å². The van der Waals surface area contributed by atoms with Crippen LogP contribution in [0.2, 0.25) is 0 Å². The highest BCUT2D eigenvalue weighted by molar-refractivity contribution is 5.47. The molecule has 4 nitrogen and oxygen atoms in total. The molecule has 1 aliphatic carbocycles. The molecule has 1 aromatic carbocycles. The Morgan fingerprint density at radius 2 is 2.20 bits per heavy atom. The number of fused-ring (bicyclic) bond motifs is 1. The Morgan fingerprint density at radius 1 is 1.40 bits per heavy atom. The molecular weight excluding hydrogens is 252 g/mol. The lowest BCUT2D eigenvalue weighted by Crippen LogP contribution is -2.25. The molecular formula is C16H18N2O2. The van der Waals surface area contributed by atoms with Crippen molar-refractivity contribution in [1.29, 1.82) is 0 Å². The van der Waals surface area contributed by atoms with Crippen LogP contribution in [0, 0.1) is 0 Å². The van der Waals surface area contributed by atoms with E-state index in [1.165, 1.54) is 0 Å². The predicted octanol–water partition coefficient (Wildman–Crippen LogP) is 2.12. The second kappa shape index (κ2) is 4.89. The van der Waals surface area contributed by atoms with Gasteiger partial charge in [0.1, 0.15) is 11.4 Å². The van der Waals surface area contributed by atoms with E-state index in [0.29, 0.717) is 18.8 Å². The van der Waals surface area contributed by atoms with Crippen LogP contribution in [0.25, 0.3) is 0 Å². The van der Waals surface area contributed by atoms with E-state index in [-0.39, 0.29) is 6.04 Å². The second-order valence-electron chi connectivity index (χ2n) is 5.10. The zero-order valence-electron chi connectivity index (χ0n) is 11.4. The molecule has 0 spiro atoms. The number of nitrogens with zero attached hydrogens (tertiary/aromatic N) is 1. The average molecular weight is 270 g/mol. The fourth-order valence-corrected chi connectivity index (χ4v) is 2.90. The lowest BCUT2D eigenvalue weighted by atomic mass is 9.89. The van der Waals surface area contributed by atoms with Gasteiger partial charge in [0.15, 0.2) is 0 Å². The lowest BCUT2D eigenvalue weighted by Gasteiger charge is -2.24. The minimum atomic E-state index is -1.09. The van der Waals surface area contributed by atoms with Gasteiger partial charge in [-0.1, -0.05) is 24.3 Å². The smallest absolute Gasteiger partial charge is 0.137 e. The van der Waals surface area contributed by atoms with Crippen molar-refractivity contribution in [2.24, 2.45) is 5.73 Å². The van der Waals surface area contributed by atoms with Crippen LogP contribution in [0.15, 0.2) is 42.7 Å². The SMILES string of the molecule is CCOc1cncc(C2(O)CC(N)c3ccccc32)c1. The maximum atomic E-state index is 11.1. The number of aromatic nitrogens is 1. The Bertz CT molecular complexity index is 629. The van der Waals surface area contributed by atoms with Gasteiger partial charge < -0.3 is 15.6 Å². The summed E-state index contributed by atoms with van der Waals surface area (Å²) in [5, 5.41) is 11.1. The minimum Gasteiger partial charge on any atom is -0.492 e. The molecule has 1 aliphatic rings. The quantitative estimate of drug-likeness (QED) is 0.896. The van der Waals surface area contributed by atoms with E-state index in [4.69, 9.17) is 10.5 Å². The standard InChI is InChI=1S/C16H18N2O2/c1-2-20-12-7-11(9-18-10-12)16(19)8-15(17)13-5-3-4-6-14(13)16/h3-7,9-10,15,19H,2,8,17H2,1H3. The predicted molar refractivity (Wildman–Crippen MR) is 76.4 cm³/mol. The van der Waals surface area contributed by atoms with Crippen LogP contribution in [0.3, 0.4) is 0 Å². The average Bonchev–Trinajstić information content (AvgIpc) is 2.73. The van der Waals surface area contributed by atoms with Crippen molar-refractivity contribution in [1.82, 2.24) is 4.98 Å². The summed E-state index contributed by atoms with van der Waals surface area (Å²) in [4.78, 5) is 4.17. The van der Waals surface area contributed by atoms with Crippen molar-refractivity contribution in [3.8, 4) is 5.75 Å². The Hall–Kier alpha value is -1.91. The third-order valence-corrected chi connectivity index (χ3v) is 3.82. The van der Waals surface area contributed by atoms with E-state index in [1.807, 2.05) is 37.3 Å². The van der Waals surface area contributed by atoms with E-state index in [1.54, 1.807) is 12.4 Å². The molecule has 104 valence electrons. The summed E-state index contributed by atoms with van der Waals surface area (Å²) in [5.74, 6) is 0.663. The molecule has 20 heavy (non-hydrogen) atoms. The first kappa shape index (κ1) is 13.1. The molecule has 0 radical (unpaired) electrons. The molecule has 0 fully saturated rings. The summed E-state index contributed by atoms with van der Waals surface area (Å²) in [5.41, 5.74) is 7.64. The molecule has 2 unspecified atom stereocenters. The van der Waals surface area contributed by atoms with Crippen LogP contribution in [0.4, 0.5) is 0 Å². The van der Waals surface area contributed by atoms with Crippen LogP contribution >= 0.6 is 0 Å². The Kier molecular flexibility index (Phi) is 3.20. The number of benzene rings is 1. The first-order valence-corrected chi connectivity index (χ1v) is 6.81. The Labute approximate surface area is 118 Å². The molecule has 2 atom stereocenters. The fraction of sp³-hybridized carbons (Fsp3) is 0.312. The first-order valence-electron chi connectivity index (χ1n) is 6.81. The molecule has 0 amide bonds. The Balaban J connectivity index is 2.08. The van der Waals surface area contributed by atoms with Crippen LogP contribution in [-0.4, -0.2) is 16.7 Å². The number of hydrogen-bond donors (Lipinski definition) is 2. The zero-order chi connectivity index (χ0) is 14.2. The number of aliphatic hydroxyl groups is 1. The molecule has 3 rings (SSSR count). The van der Waals surface area contributed by atoms with Crippen LogP contribution < -0.4 is 10.5 Å². The highest BCUT2D eigenvalue weighted by Crippen LogP contribution is 2.46. The molecule has 0 aliphatic heterocycles. The summed E-state index contributed by atoms with van der Waals surface area (Å²) in [7, 11) is 0. The molecule has 0 saturated heterocycles. The normalized spacial score (nSPS) is 24.4. The van der Waals surface area contributed by atoms with Gasteiger partial charge in [-0.25, -0.2) is 0 Å². The number of pyridine rings is 1. The molecule has 0 bridgehead atoms. The van der Waals surface area contributed by atoms with Gasteiger partial charge in [-0.2, -0.15) is 0 Å². The number of nitrogens with two attached hydrogens (primary N) is 1. The van der Waals surface area contributed by atoms with E-state index in [9.17, 15) is 5.11 Å². The van der Waals surface area contributed by atoms with Crippen molar-refractivity contribution in [2.45, 2.75) is 25.0 Å². The highest BCUT2D eigenvalue weighted by atomic mass is 16.5. The van der Waals surface area contributed by atoms with Crippen LogP contribution in [0.1, 0.15) is 36.1 Å². The van der Waals surface area contributed by atoms with Crippen molar-refractivity contribution in [2.75, 3.05) is 6.61 Å². The summed E-state index contributed by atoms with van der Waals surface area (Å²) >= 11 is 0. The Morgan fingerprint density at radius 3 is 3.00 bits per heavy atom. The number of hydrogen-bond acceptors (Lipinski definition) is 4. The molecule has 1 aromatic heterocycles. The molecule has 2 aromatic rings. The zero-order valence-corrected chi connectivity index (χ0v) is 11.4. The highest BCUT2D eigenvalue weighted by Gasteiger charge is 2.42. The second-order valence-corrected chi connectivity index (χ2v) is 5.10. The maximum Gasteiger partial charge on any atom is 0.137 e. The van der Waals surface area contributed by atoms with Gasteiger partial charge in [-0.05, 0) is 24.1 Å². The van der Waals surface area contributed by atoms with Gasteiger partial charge in [0.25, 0.3) is 0 Å². The summed E-state index contributed by atoms with van der Waals surface area (Å²) in [6.07, 6.45) is 3.79. The van der Waals surface area contributed by atoms with Gasteiger partial charge in [-0.3, -0.25) is 4.98 Å². The largest absolute Gasteiger partial charge is 0.492 e. The number of ether oxygens (including phenoxy) is 1. The minimum absolute atomic E-state index is 0.160. The van der Waals surface area contributed by atoms with Gasteiger partial charge in [-0.15, -0.1) is 0 Å². The van der Waals surface area contributed by atoms with Crippen LogP contribution in [0.5, 0.6) is 5.75 Å². The molecule has 0 saturated carbocycles. The van der Waals surface area contributed by atoms with E-state index in [0.717, 1.165) is 16.7 Å². The van der Waals surface area contributed by atoms with E-state index in [2.05, 4.69) is 4.98 Å². The monoisotopic (exact) mass is 270 g/mol. The summed E-state index contributed by atoms with van der Waals surface area (Å²) in [6, 6.07) is 9.44. The van der Waals surface area contributed by atoms with Gasteiger partial charge in [0.05, 0.1) is 12.8 Å². The molecule has 1 heterocycles. The van der Waals surface area contributed by atoms with Crippen LogP contribution in [-0.2, 0) is 5.60 Å². The van der Waals surface area contributed by atoms with Crippen molar-refractivity contribution >= 4 is 0 Å². The van der Waals surface area contributed by atoms with Gasteiger partial charge in [0.2, 0.25) is 0 Å². The fourth-order valence-electron chi connectivity index (χ4n) is 2.90. The van der Waals surface area contributed by atoms with Crippen molar-refractivity contribution in [3.63, 3.8) is 0 Å². The number of rotatable bonds is 3. The first-order chi connectivity index (χ1) is 9.65. The summed E-state index contributed by atoms with van der Waals surface area (Å²) < 4.78 is 5.46. The van der Waals surface area contributed by atoms with Gasteiger partial charge in [0, 0.05) is 24.2 Å². The summed E-state index contributed by atoms with van der Waals surface area (Å²) in [6.45, 7) is 2.49. The molecule has 4 heteroatoms. The van der Waals surface area contributed by atoms with Crippen molar-refractivity contribution in [3.05, 3.63) is 59.4 Å². The van der Waals surface area contributed by atoms with E-state index >= 15 is 0 Å². The third kappa shape index (κ3) is 1.97. The van der Waals surface area contributed by atoms with Crippen molar-refractivity contribution < 1.29 is 9.84 Å². The van der Waals surface area contributed by atoms with Gasteiger partial charge >= 0.3 is 0 Å². The lowest BCUT2D eigenvalue weighted by molar-refractivity contribution is 0.0769. The third-order valence-electron chi connectivity index (χ3n) is 3.82. The maximum absolute atomic E-state index is 11.1. The van der Waals surface area contributed by atoms with E-state index < -0.39 is 5.60 Å². The molecule has 3 N–H and O–H groups in total.